The van der Waals surface area contributed by atoms with Crippen LogP contribution in [0.5, 0.6) is 5.75 Å². The molecule has 2 aromatic carbocycles. The third-order valence-corrected chi connectivity index (χ3v) is 4.34. The lowest BCUT2D eigenvalue weighted by molar-refractivity contribution is -0.255. The lowest BCUT2D eigenvalue weighted by atomic mass is 10.1. The van der Waals surface area contributed by atoms with Gasteiger partial charge in [-0.3, -0.25) is 0 Å². The van der Waals surface area contributed by atoms with Gasteiger partial charge in [0.2, 0.25) is 0 Å². The van der Waals surface area contributed by atoms with Gasteiger partial charge in [0.25, 0.3) is 0 Å². The number of halogens is 1. The van der Waals surface area contributed by atoms with Crippen LogP contribution in [0.2, 0.25) is 0 Å². The maximum atomic E-state index is 11.1. The van der Waals surface area contributed by atoms with Crippen molar-refractivity contribution in [3.8, 4) is 5.75 Å². The Labute approximate surface area is 135 Å². The number of fused-ring (bicyclic) bond motifs is 1. The monoisotopic (exact) mass is 358 g/mol. The summed E-state index contributed by atoms with van der Waals surface area (Å²) in [5.74, 6) is -0.546. The van der Waals surface area contributed by atoms with Gasteiger partial charge in [-0.15, -0.1) is 0 Å². The molecule has 0 saturated carbocycles. The number of hydrogen-bond donors (Lipinski definition) is 1. The van der Waals surface area contributed by atoms with E-state index in [1.165, 1.54) is 0 Å². The lowest BCUT2D eigenvalue weighted by Crippen LogP contribution is -2.23. The van der Waals surface area contributed by atoms with Crippen molar-refractivity contribution < 1.29 is 14.6 Å². The molecule has 0 radical (unpaired) electrons. The van der Waals surface area contributed by atoms with Gasteiger partial charge in [0.15, 0.2) is 0 Å². The van der Waals surface area contributed by atoms with Crippen molar-refractivity contribution in [2.75, 3.05) is 0 Å². The third-order valence-electron chi connectivity index (χ3n) is 3.56. The van der Waals surface area contributed by atoms with Crippen molar-refractivity contribution in [1.82, 2.24) is 4.98 Å². The molecule has 0 bridgehead atoms. The van der Waals surface area contributed by atoms with Crippen LogP contribution < -0.4 is 9.84 Å². The van der Waals surface area contributed by atoms with Gasteiger partial charge < -0.3 is 19.6 Å². The van der Waals surface area contributed by atoms with Gasteiger partial charge in [-0.1, -0.05) is 30.3 Å². The highest BCUT2D eigenvalue weighted by atomic mass is 79.9. The topological polar surface area (TPSA) is 65.1 Å². The molecule has 3 rings (SSSR count). The number of rotatable bonds is 4. The van der Waals surface area contributed by atoms with E-state index in [1.807, 2.05) is 36.4 Å². The summed E-state index contributed by atoms with van der Waals surface area (Å²) in [6.07, 6.45) is 0. The number of carbonyl (C=O) groups excluding carboxylic acids is 1. The molecule has 0 spiro atoms. The Balaban J connectivity index is 1.96. The number of carboxylic acid groups (broad SMARTS) is 1. The summed E-state index contributed by atoms with van der Waals surface area (Å²) < 4.78 is 6.57. The van der Waals surface area contributed by atoms with Crippen molar-refractivity contribution in [2.24, 2.45) is 0 Å². The largest absolute Gasteiger partial charge is 0.543 e. The van der Waals surface area contributed by atoms with Crippen LogP contribution in [0.15, 0.2) is 46.9 Å². The van der Waals surface area contributed by atoms with Crippen LogP contribution in [-0.2, 0) is 6.61 Å². The molecule has 1 heterocycles. The number of aromatic amines is 1. The zero-order chi connectivity index (χ0) is 15.7. The Bertz CT molecular complexity index is 840. The highest BCUT2D eigenvalue weighted by Crippen LogP contribution is 2.36. The summed E-state index contributed by atoms with van der Waals surface area (Å²) in [6, 6.07) is 13.5. The molecule has 112 valence electrons. The molecule has 0 fully saturated rings. The second-order valence-electron chi connectivity index (χ2n) is 4.99. The van der Waals surface area contributed by atoms with Crippen LogP contribution in [0.25, 0.3) is 10.9 Å². The maximum absolute atomic E-state index is 11.1. The number of nitrogens with one attached hydrogen (secondary N) is 1. The van der Waals surface area contributed by atoms with Crippen molar-refractivity contribution in [3.05, 3.63) is 63.8 Å². The van der Waals surface area contributed by atoms with Crippen molar-refractivity contribution >= 4 is 32.8 Å². The van der Waals surface area contributed by atoms with E-state index in [0.29, 0.717) is 17.9 Å². The third kappa shape index (κ3) is 2.60. The molecule has 22 heavy (non-hydrogen) atoms. The molecule has 5 heteroatoms. The zero-order valence-corrected chi connectivity index (χ0v) is 13.4. The second-order valence-corrected chi connectivity index (χ2v) is 5.78. The summed E-state index contributed by atoms with van der Waals surface area (Å²) in [5, 5.41) is 11.9. The molecule has 0 saturated heterocycles. The van der Waals surface area contributed by atoms with Gasteiger partial charge in [0.05, 0.1) is 16.1 Å². The van der Waals surface area contributed by atoms with E-state index in [4.69, 9.17) is 4.74 Å². The number of hydrogen-bond acceptors (Lipinski definition) is 3. The fourth-order valence-electron chi connectivity index (χ4n) is 2.43. The average Bonchev–Trinajstić information content (AvgIpc) is 2.86. The molecule has 1 N–H and O–H groups in total. The van der Waals surface area contributed by atoms with Gasteiger partial charge in [-0.05, 0) is 46.1 Å². The Kier molecular flexibility index (Phi) is 3.90. The molecule has 0 amide bonds. The number of benzene rings is 2. The van der Waals surface area contributed by atoms with Crippen LogP contribution in [0.4, 0.5) is 0 Å². The van der Waals surface area contributed by atoms with Gasteiger partial charge in [-0.25, -0.2) is 0 Å². The fourth-order valence-corrected chi connectivity index (χ4v) is 3.19. The maximum Gasteiger partial charge on any atom is 0.134 e. The van der Waals surface area contributed by atoms with Crippen LogP contribution in [0.1, 0.15) is 21.6 Å². The smallest absolute Gasteiger partial charge is 0.134 e. The first-order valence-corrected chi connectivity index (χ1v) is 7.56. The number of aryl methyl sites for hydroxylation is 1. The number of aromatic nitrogens is 1. The van der Waals surface area contributed by atoms with Crippen LogP contribution in [0, 0.1) is 6.92 Å². The van der Waals surface area contributed by atoms with E-state index >= 15 is 0 Å². The highest BCUT2D eigenvalue weighted by molar-refractivity contribution is 9.10. The van der Waals surface area contributed by atoms with Gasteiger partial charge in [-0.2, -0.15) is 0 Å². The summed E-state index contributed by atoms with van der Waals surface area (Å²) in [4.78, 5) is 14.0. The van der Waals surface area contributed by atoms with Gasteiger partial charge >= 0.3 is 0 Å². The number of ether oxygens (including phenoxy) is 1. The minimum atomic E-state index is -1.22. The van der Waals surface area contributed by atoms with Crippen LogP contribution >= 0.6 is 15.9 Å². The number of aromatic carboxylic acids is 1. The van der Waals surface area contributed by atoms with E-state index in [0.717, 1.165) is 20.9 Å². The SMILES string of the molecule is Cc1c(C(=O)[O-])[nH]c2ccc(OCc3ccccc3)c(Br)c12. The number of carboxylic acids is 1. The van der Waals surface area contributed by atoms with Gasteiger partial charge in [0.1, 0.15) is 12.4 Å². The summed E-state index contributed by atoms with van der Waals surface area (Å²) in [5.41, 5.74) is 2.52. The summed E-state index contributed by atoms with van der Waals surface area (Å²) in [7, 11) is 0. The van der Waals surface area contributed by atoms with E-state index in [-0.39, 0.29) is 5.69 Å². The van der Waals surface area contributed by atoms with Crippen LogP contribution in [-0.4, -0.2) is 11.0 Å². The molecular weight excluding hydrogens is 346 g/mol. The molecule has 3 aromatic rings. The number of carbonyl (C=O) groups is 1. The van der Waals surface area contributed by atoms with E-state index in [2.05, 4.69) is 20.9 Å². The first-order chi connectivity index (χ1) is 10.6. The summed E-state index contributed by atoms with van der Waals surface area (Å²) >= 11 is 3.51. The van der Waals surface area contributed by atoms with Crippen molar-refractivity contribution in [2.45, 2.75) is 13.5 Å². The first kappa shape index (κ1) is 14.7. The molecule has 0 unspecified atom stereocenters. The average molecular weight is 359 g/mol. The summed E-state index contributed by atoms with van der Waals surface area (Å²) in [6.45, 7) is 2.19. The van der Waals surface area contributed by atoms with Crippen molar-refractivity contribution in [1.29, 1.82) is 0 Å². The Morgan fingerprint density at radius 2 is 1.95 bits per heavy atom. The minimum Gasteiger partial charge on any atom is -0.543 e. The minimum absolute atomic E-state index is 0.0934. The Hall–Kier alpha value is -2.27. The lowest BCUT2D eigenvalue weighted by Gasteiger charge is -2.09. The number of H-pyrrole nitrogens is 1. The van der Waals surface area contributed by atoms with Crippen LogP contribution in [0.3, 0.4) is 0 Å². The fraction of sp³-hybridized carbons (Fsp3) is 0.118. The normalized spacial score (nSPS) is 10.8. The van der Waals surface area contributed by atoms with Crippen molar-refractivity contribution in [3.63, 3.8) is 0 Å². The predicted molar refractivity (Wildman–Crippen MR) is 85.8 cm³/mol. The Morgan fingerprint density at radius 1 is 1.23 bits per heavy atom. The van der Waals surface area contributed by atoms with E-state index < -0.39 is 5.97 Å². The molecule has 1 aromatic heterocycles. The van der Waals surface area contributed by atoms with E-state index in [9.17, 15) is 9.90 Å². The molecule has 0 aliphatic carbocycles. The molecule has 0 aliphatic rings. The second kappa shape index (κ2) is 5.85. The first-order valence-electron chi connectivity index (χ1n) is 6.76. The Morgan fingerprint density at radius 3 is 2.64 bits per heavy atom. The standard InChI is InChI=1S/C17H14BrNO3/c1-10-14-12(19-16(10)17(20)21)7-8-13(15(14)18)22-9-11-5-3-2-4-6-11/h2-8,19H,9H2,1H3,(H,20,21)/p-1. The molecule has 0 aliphatic heterocycles. The quantitative estimate of drug-likeness (QED) is 0.778. The zero-order valence-electron chi connectivity index (χ0n) is 11.9. The molecule has 4 nitrogen and oxygen atoms in total. The van der Waals surface area contributed by atoms with Gasteiger partial charge in [0, 0.05) is 10.9 Å². The molecule has 0 atom stereocenters. The highest BCUT2D eigenvalue weighted by Gasteiger charge is 2.14. The predicted octanol–water partition coefficient (Wildman–Crippen LogP) is 3.18. The molecular formula is C17H13BrNO3-. The van der Waals surface area contributed by atoms with E-state index in [1.54, 1.807) is 13.0 Å².